The zero-order valence-corrected chi connectivity index (χ0v) is 10.9. The number of carbonyl (C=O) groups is 2. The lowest BCUT2D eigenvalue weighted by molar-refractivity contribution is -0.133. The van der Waals surface area contributed by atoms with Gasteiger partial charge in [0.1, 0.15) is 0 Å². The molecular formula is C12H21N3O3. The molecule has 0 aromatic heterocycles. The minimum atomic E-state index is -0.306. The number of amides is 2. The quantitative estimate of drug-likeness (QED) is 0.757. The number of hydrogen-bond acceptors (Lipinski definition) is 4. The van der Waals surface area contributed by atoms with Gasteiger partial charge in [0.2, 0.25) is 5.91 Å². The standard InChI is InChI=1S/C12H21N3O3/c1-18-12(17)15-7-5-14(6-8-15)11(16)9-10-3-2-4-13-10/h10,13H,2-9H2,1H3. The second-order valence-corrected chi connectivity index (χ2v) is 4.84. The van der Waals surface area contributed by atoms with Crippen LogP contribution >= 0.6 is 0 Å². The normalized spacial score (nSPS) is 24.2. The molecule has 2 heterocycles. The summed E-state index contributed by atoms with van der Waals surface area (Å²) in [6.07, 6.45) is 2.53. The van der Waals surface area contributed by atoms with Crippen LogP contribution in [0.3, 0.4) is 0 Å². The highest BCUT2D eigenvalue weighted by atomic mass is 16.5. The first-order valence-electron chi connectivity index (χ1n) is 6.55. The predicted molar refractivity (Wildman–Crippen MR) is 66.2 cm³/mol. The molecule has 0 saturated carbocycles. The highest BCUT2D eigenvalue weighted by molar-refractivity contribution is 5.77. The van der Waals surface area contributed by atoms with Crippen molar-refractivity contribution in [3.8, 4) is 0 Å². The highest BCUT2D eigenvalue weighted by Crippen LogP contribution is 2.12. The van der Waals surface area contributed by atoms with Crippen molar-refractivity contribution in [2.75, 3.05) is 39.8 Å². The number of piperazine rings is 1. The van der Waals surface area contributed by atoms with Crippen molar-refractivity contribution in [2.24, 2.45) is 0 Å². The van der Waals surface area contributed by atoms with Crippen LogP contribution in [0, 0.1) is 0 Å². The number of carbonyl (C=O) groups excluding carboxylic acids is 2. The topological polar surface area (TPSA) is 61.9 Å². The van der Waals surface area contributed by atoms with Crippen LogP contribution in [0.5, 0.6) is 0 Å². The maximum Gasteiger partial charge on any atom is 0.409 e. The van der Waals surface area contributed by atoms with Gasteiger partial charge < -0.3 is 19.9 Å². The van der Waals surface area contributed by atoms with E-state index in [0.29, 0.717) is 38.6 Å². The van der Waals surface area contributed by atoms with Crippen molar-refractivity contribution in [1.29, 1.82) is 0 Å². The van der Waals surface area contributed by atoms with E-state index in [1.165, 1.54) is 7.11 Å². The molecule has 6 nitrogen and oxygen atoms in total. The van der Waals surface area contributed by atoms with Gasteiger partial charge in [0.25, 0.3) is 0 Å². The SMILES string of the molecule is COC(=O)N1CCN(C(=O)CC2CCCN2)CC1. The Labute approximate surface area is 107 Å². The number of methoxy groups -OCH3 is 1. The summed E-state index contributed by atoms with van der Waals surface area (Å²) in [6.45, 7) is 3.38. The number of ether oxygens (including phenoxy) is 1. The van der Waals surface area contributed by atoms with Crippen LogP contribution in [0.2, 0.25) is 0 Å². The molecule has 6 heteroatoms. The van der Waals surface area contributed by atoms with Gasteiger partial charge in [0, 0.05) is 38.6 Å². The second kappa shape index (κ2) is 6.04. The van der Waals surface area contributed by atoms with E-state index in [0.717, 1.165) is 19.4 Å². The summed E-state index contributed by atoms with van der Waals surface area (Å²) in [5.74, 6) is 0.193. The van der Waals surface area contributed by atoms with E-state index in [2.05, 4.69) is 10.1 Å². The minimum Gasteiger partial charge on any atom is -0.453 e. The van der Waals surface area contributed by atoms with Crippen LogP contribution in [-0.4, -0.2) is 67.7 Å². The smallest absolute Gasteiger partial charge is 0.409 e. The van der Waals surface area contributed by atoms with Gasteiger partial charge in [-0.05, 0) is 19.4 Å². The van der Waals surface area contributed by atoms with Crippen LogP contribution in [0.1, 0.15) is 19.3 Å². The van der Waals surface area contributed by atoms with E-state index >= 15 is 0 Å². The molecule has 2 rings (SSSR count). The van der Waals surface area contributed by atoms with Gasteiger partial charge in [-0.2, -0.15) is 0 Å². The van der Waals surface area contributed by atoms with Gasteiger partial charge in [-0.15, -0.1) is 0 Å². The summed E-state index contributed by atoms with van der Waals surface area (Å²) in [7, 11) is 1.38. The molecule has 0 aromatic carbocycles. The molecule has 1 unspecified atom stereocenters. The average Bonchev–Trinajstić information content (AvgIpc) is 2.91. The van der Waals surface area contributed by atoms with Crippen LogP contribution in [0.25, 0.3) is 0 Å². The van der Waals surface area contributed by atoms with E-state index in [1.54, 1.807) is 4.90 Å². The first kappa shape index (κ1) is 13.1. The molecule has 2 saturated heterocycles. The van der Waals surface area contributed by atoms with Crippen LogP contribution in [0.15, 0.2) is 0 Å². The second-order valence-electron chi connectivity index (χ2n) is 4.84. The minimum absolute atomic E-state index is 0.193. The summed E-state index contributed by atoms with van der Waals surface area (Å²) in [6, 6.07) is 0.344. The molecule has 1 atom stereocenters. The zero-order chi connectivity index (χ0) is 13.0. The Balaban J connectivity index is 1.74. The average molecular weight is 255 g/mol. The third-order valence-corrected chi connectivity index (χ3v) is 3.65. The molecule has 0 bridgehead atoms. The molecule has 2 aliphatic heterocycles. The van der Waals surface area contributed by atoms with Gasteiger partial charge >= 0.3 is 6.09 Å². The molecule has 102 valence electrons. The zero-order valence-electron chi connectivity index (χ0n) is 10.9. The molecule has 18 heavy (non-hydrogen) atoms. The Morgan fingerprint density at radius 1 is 1.22 bits per heavy atom. The maximum atomic E-state index is 12.1. The van der Waals surface area contributed by atoms with E-state index in [1.807, 2.05) is 4.90 Å². The Morgan fingerprint density at radius 2 is 1.89 bits per heavy atom. The summed E-state index contributed by atoms with van der Waals surface area (Å²) < 4.78 is 4.67. The number of nitrogens with one attached hydrogen (secondary N) is 1. The fraction of sp³-hybridized carbons (Fsp3) is 0.833. The molecule has 2 aliphatic rings. The van der Waals surface area contributed by atoms with Gasteiger partial charge in [0.15, 0.2) is 0 Å². The lowest BCUT2D eigenvalue weighted by Gasteiger charge is -2.34. The van der Waals surface area contributed by atoms with Gasteiger partial charge in [-0.3, -0.25) is 4.79 Å². The fourth-order valence-electron chi connectivity index (χ4n) is 2.54. The monoisotopic (exact) mass is 255 g/mol. The summed E-state index contributed by atoms with van der Waals surface area (Å²) in [4.78, 5) is 26.8. The van der Waals surface area contributed by atoms with Crippen molar-refractivity contribution in [1.82, 2.24) is 15.1 Å². The van der Waals surface area contributed by atoms with E-state index in [-0.39, 0.29) is 12.0 Å². The van der Waals surface area contributed by atoms with E-state index in [4.69, 9.17) is 0 Å². The first-order chi connectivity index (χ1) is 8.70. The van der Waals surface area contributed by atoms with Gasteiger partial charge in [-0.1, -0.05) is 0 Å². The van der Waals surface area contributed by atoms with Crippen LogP contribution < -0.4 is 5.32 Å². The Kier molecular flexibility index (Phi) is 4.41. The lowest BCUT2D eigenvalue weighted by atomic mass is 10.1. The van der Waals surface area contributed by atoms with Gasteiger partial charge in [-0.25, -0.2) is 4.79 Å². The largest absolute Gasteiger partial charge is 0.453 e. The molecule has 2 fully saturated rings. The number of hydrogen-bond donors (Lipinski definition) is 1. The number of rotatable bonds is 2. The van der Waals surface area contributed by atoms with E-state index < -0.39 is 0 Å². The van der Waals surface area contributed by atoms with E-state index in [9.17, 15) is 9.59 Å². The number of nitrogens with zero attached hydrogens (tertiary/aromatic N) is 2. The molecule has 1 N–H and O–H groups in total. The van der Waals surface area contributed by atoms with Crippen molar-refractivity contribution >= 4 is 12.0 Å². The summed E-state index contributed by atoms with van der Waals surface area (Å²) in [5.41, 5.74) is 0. The maximum absolute atomic E-state index is 12.1. The van der Waals surface area contributed by atoms with Crippen molar-refractivity contribution in [2.45, 2.75) is 25.3 Å². The Bertz CT molecular complexity index is 308. The van der Waals surface area contributed by atoms with Gasteiger partial charge in [0.05, 0.1) is 7.11 Å². The van der Waals surface area contributed by atoms with Crippen LogP contribution in [0.4, 0.5) is 4.79 Å². The van der Waals surface area contributed by atoms with Crippen molar-refractivity contribution < 1.29 is 14.3 Å². The van der Waals surface area contributed by atoms with Crippen molar-refractivity contribution in [3.63, 3.8) is 0 Å². The fourth-order valence-corrected chi connectivity index (χ4v) is 2.54. The molecule has 0 aromatic rings. The van der Waals surface area contributed by atoms with Crippen molar-refractivity contribution in [3.05, 3.63) is 0 Å². The highest BCUT2D eigenvalue weighted by Gasteiger charge is 2.26. The summed E-state index contributed by atoms with van der Waals surface area (Å²) >= 11 is 0. The lowest BCUT2D eigenvalue weighted by Crippen LogP contribution is -2.51. The summed E-state index contributed by atoms with van der Waals surface area (Å²) in [5, 5.41) is 3.33. The molecule has 0 aliphatic carbocycles. The van der Waals surface area contributed by atoms with Crippen LogP contribution in [-0.2, 0) is 9.53 Å². The Morgan fingerprint density at radius 3 is 2.44 bits per heavy atom. The molecular weight excluding hydrogens is 234 g/mol. The third kappa shape index (κ3) is 3.13. The molecule has 0 spiro atoms. The third-order valence-electron chi connectivity index (χ3n) is 3.65. The predicted octanol–water partition coefficient (Wildman–Crippen LogP) is 0.0391. The Hall–Kier alpha value is -1.30. The molecule has 0 radical (unpaired) electrons. The first-order valence-corrected chi connectivity index (χ1v) is 6.55. The molecule has 2 amide bonds.